The van der Waals surface area contributed by atoms with Gasteiger partial charge in [-0.1, -0.05) is 12.1 Å². The van der Waals surface area contributed by atoms with Crippen molar-refractivity contribution in [3.63, 3.8) is 0 Å². The smallest absolute Gasteiger partial charge is 0.287 e. The summed E-state index contributed by atoms with van der Waals surface area (Å²) < 4.78 is 17.1. The molecule has 0 saturated carbocycles. The average molecular weight is 436 g/mol. The van der Waals surface area contributed by atoms with Crippen LogP contribution >= 0.6 is 0 Å². The number of pyridine rings is 1. The summed E-state index contributed by atoms with van der Waals surface area (Å²) in [7, 11) is 0. The molecule has 4 rings (SSSR count). The molecule has 1 fully saturated rings. The molecule has 1 aliphatic rings. The van der Waals surface area contributed by atoms with E-state index < -0.39 is 0 Å². The molecule has 3 aromatic rings. The Hall–Kier alpha value is -3.48. The van der Waals surface area contributed by atoms with Crippen molar-refractivity contribution < 1.29 is 18.7 Å². The summed E-state index contributed by atoms with van der Waals surface area (Å²) in [6, 6.07) is 15.1. The molecule has 1 amide bonds. The lowest BCUT2D eigenvalue weighted by Crippen LogP contribution is -2.26. The molecule has 2 atom stereocenters. The molecular weight excluding hydrogens is 406 g/mol. The number of ether oxygens (including phenoxy) is 2. The summed E-state index contributed by atoms with van der Waals surface area (Å²) in [6.07, 6.45) is 4.42. The minimum absolute atomic E-state index is 0.0940. The van der Waals surface area contributed by atoms with Gasteiger partial charge in [0, 0.05) is 30.9 Å². The van der Waals surface area contributed by atoms with Crippen molar-refractivity contribution in [2.75, 3.05) is 18.0 Å². The van der Waals surface area contributed by atoms with E-state index in [1.54, 1.807) is 18.3 Å². The van der Waals surface area contributed by atoms with E-state index in [1.807, 2.05) is 57.2 Å². The van der Waals surface area contributed by atoms with E-state index in [0.717, 1.165) is 36.5 Å². The van der Waals surface area contributed by atoms with Gasteiger partial charge < -0.3 is 24.1 Å². The van der Waals surface area contributed by atoms with Gasteiger partial charge in [-0.15, -0.1) is 0 Å². The Kier molecular flexibility index (Phi) is 6.63. The number of aromatic nitrogens is 1. The lowest BCUT2D eigenvalue weighted by atomic mass is 10.1. The van der Waals surface area contributed by atoms with Crippen molar-refractivity contribution in [2.24, 2.45) is 0 Å². The Morgan fingerprint density at radius 2 is 2.00 bits per heavy atom. The second-order valence-electron chi connectivity index (χ2n) is 8.23. The molecule has 0 radical (unpaired) electrons. The highest BCUT2D eigenvalue weighted by Crippen LogP contribution is 2.26. The van der Waals surface area contributed by atoms with Gasteiger partial charge in [-0.05, 0) is 56.7 Å². The number of amides is 1. The maximum Gasteiger partial charge on any atom is 0.287 e. The van der Waals surface area contributed by atoms with Gasteiger partial charge in [-0.25, -0.2) is 4.98 Å². The van der Waals surface area contributed by atoms with E-state index in [1.165, 1.54) is 6.26 Å². The van der Waals surface area contributed by atoms with Crippen LogP contribution in [0.1, 0.15) is 49.4 Å². The van der Waals surface area contributed by atoms with Crippen molar-refractivity contribution in [3.05, 3.63) is 72.3 Å². The van der Waals surface area contributed by atoms with Gasteiger partial charge in [0.15, 0.2) is 5.76 Å². The third kappa shape index (κ3) is 5.41. The average Bonchev–Trinajstić information content (AvgIpc) is 3.46. The van der Waals surface area contributed by atoms with Crippen LogP contribution in [0.25, 0.3) is 0 Å². The number of rotatable bonds is 8. The zero-order chi connectivity index (χ0) is 22.5. The molecule has 168 valence electrons. The molecule has 0 bridgehead atoms. The third-order valence-corrected chi connectivity index (χ3v) is 5.36. The Bertz CT molecular complexity index is 1020. The highest BCUT2D eigenvalue weighted by Gasteiger charge is 2.25. The van der Waals surface area contributed by atoms with Gasteiger partial charge in [0.05, 0.1) is 25.0 Å². The Morgan fingerprint density at radius 1 is 1.19 bits per heavy atom. The van der Waals surface area contributed by atoms with Crippen LogP contribution in [-0.4, -0.2) is 36.2 Å². The lowest BCUT2D eigenvalue weighted by molar-refractivity contribution is 0.0912. The summed E-state index contributed by atoms with van der Waals surface area (Å²) in [4.78, 5) is 18.7. The van der Waals surface area contributed by atoms with Crippen LogP contribution in [0.2, 0.25) is 0 Å². The van der Waals surface area contributed by atoms with Crippen molar-refractivity contribution in [1.29, 1.82) is 0 Å². The van der Waals surface area contributed by atoms with Crippen LogP contribution in [-0.2, 0) is 0 Å². The first kappa shape index (κ1) is 21.7. The van der Waals surface area contributed by atoms with Gasteiger partial charge in [0.1, 0.15) is 11.9 Å². The van der Waals surface area contributed by atoms with Gasteiger partial charge >= 0.3 is 0 Å². The van der Waals surface area contributed by atoms with Crippen LogP contribution in [0.3, 0.4) is 0 Å². The lowest BCUT2D eigenvalue weighted by Gasteiger charge is -2.20. The Labute approximate surface area is 188 Å². The first-order chi connectivity index (χ1) is 15.5. The molecule has 0 spiro atoms. The predicted molar refractivity (Wildman–Crippen MR) is 122 cm³/mol. The maximum absolute atomic E-state index is 12.2. The second-order valence-corrected chi connectivity index (χ2v) is 8.23. The molecule has 1 unspecified atom stereocenters. The first-order valence-corrected chi connectivity index (χ1v) is 11.0. The Morgan fingerprint density at radius 3 is 2.72 bits per heavy atom. The summed E-state index contributed by atoms with van der Waals surface area (Å²) in [5.74, 6) is 1.54. The quantitative estimate of drug-likeness (QED) is 0.557. The van der Waals surface area contributed by atoms with E-state index in [0.29, 0.717) is 11.6 Å². The highest BCUT2D eigenvalue weighted by molar-refractivity contribution is 5.91. The van der Waals surface area contributed by atoms with Gasteiger partial charge in [0.2, 0.25) is 5.88 Å². The molecular formula is C25H29N3O4. The van der Waals surface area contributed by atoms with Crippen molar-refractivity contribution in [3.8, 4) is 11.6 Å². The minimum Gasteiger partial charge on any atom is -0.489 e. The SMILES string of the molecule is CC(C)Oc1cc(N2CCC(Oc3ccc([C@H](C)NC(=O)c4ccco4)cc3)C2)ccn1. The van der Waals surface area contributed by atoms with E-state index in [4.69, 9.17) is 13.9 Å². The number of carbonyl (C=O) groups is 1. The predicted octanol–water partition coefficient (Wildman–Crippen LogP) is 4.61. The number of nitrogens with one attached hydrogen (secondary N) is 1. The molecule has 1 saturated heterocycles. The molecule has 7 nitrogen and oxygen atoms in total. The number of benzene rings is 1. The molecule has 1 aliphatic heterocycles. The van der Waals surface area contributed by atoms with Crippen LogP contribution in [0.5, 0.6) is 11.6 Å². The van der Waals surface area contributed by atoms with Gasteiger partial charge in [-0.2, -0.15) is 0 Å². The maximum atomic E-state index is 12.2. The van der Waals surface area contributed by atoms with Crippen molar-refractivity contribution in [1.82, 2.24) is 10.3 Å². The van der Waals surface area contributed by atoms with E-state index >= 15 is 0 Å². The fraction of sp³-hybridized carbons (Fsp3) is 0.360. The number of furan rings is 1. The summed E-state index contributed by atoms with van der Waals surface area (Å²) in [5.41, 5.74) is 2.10. The number of hydrogen-bond donors (Lipinski definition) is 1. The molecule has 3 heterocycles. The minimum atomic E-state index is -0.230. The van der Waals surface area contributed by atoms with E-state index in [-0.39, 0.29) is 24.2 Å². The molecule has 7 heteroatoms. The molecule has 1 N–H and O–H groups in total. The monoisotopic (exact) mass is 435 g/mol. The fourth-order valence-corrected chi connectivity index (χ4v) is 3.75. The normalized spacial score (nSPS) is 16.8. The number of hydrogen-bond acceptors (Lipinski definition) is 6. The molecule has 1 aromatic carbocycles. The zero-order valence-corrected chi connectivity index (χ0v) is 18.7. The zero-order valence-electron chi connectivity index (χ0n) is 18.7. The van der Waals surface area contributed by atoms with Gasteiger partial charge in [0.25, 0.3) is 5.91 Å². The number of anilines is 1. The molecule has 32 heavy (non-hydrogen) atoms. The topological polar surface area (TPSA) is 76.8 Å². The number of nitrogens with zero attached hydrogens (tertiary/aromatic N) is 2. The fourth-order valence-electron chi connectivity index (χ4n) is 3.75. The van der Waals surface area contributed by atoms with Crippen molar-refractivity contribution >= 4 is 11.6 Å². The molecule has 0 aliphatic carbocycles. The molecule has 2 aromatic heterocycles. The third-order valence-electron chi connectivity index (χ3n) is 5.36. The highest BCUT2D eigenvalue weighted by atomic mass is 16.5. The van der Waals surface area contributed by atoms with E-state index in [9.17, 15) is 4.79 Å². The largest absolute Gasteiger partial charge is 0.489 e. The number of carbonyl (C=O) groups excluding carboxylic acids is 1. The second kappa shape index (κ2) is 9.77. The van der Waals surface area contributed by atoms with Crippen LogP contribution in [0.4, 0.5) is 5.69 Å². The van der Waals surface area contributed by atoms with Crippen LogP contribution < -0.4 is 19.7 Å². The standard InChI is InChI=1S/C25H29N3O4/c1-17(2)31-24-15-20(10-12-26-24)28-13-11-22(16-28)32-21-8-6-19(7-9-21)18(3)27-25(29)23-5-4-14-30-23/h4-10,12,14-15,17-18,22H,11,13,16H2,1-3H3,(H,27,29)/t18-,22?/m0/s1. The van der Waals surface area contributed by atoms with E-state index in [2.05, 4.69) is 15.2 Å². The van der Waals surface area contributed by atoms with Crippen LogP contribution in [0.15, 0.2) is 65.4 Å². The van der Waals surface area contributed by atoms with Crippen molar-refractivity contribution in [2.45, 2.75) is 45.4 Å². The summed E-state index contributed by atoms with van der Waals surface area (Å²) in [6.45, 7) is 7.66. The van der Waals surface area contributed by atoms with Gasteiger partial charge in [-0.3, -0.25) is 4.79 Å². The Balaban J connectivity index is 1.31. The van der Waals surface area contributed by atoms with Crippen LogP contribution in [0, 0.1) is 0 Å². The first-order valence-electron chi connectivity index (χ1n) is 11.0. The summed E-state index contributed by atoms with van der Waals surface area (Å²) in [5, 5.41) is 2.94. The summed E-state index contributed by atoms with van der Waals surface area (Å²) >= 11 is 0.